The van der Waals surface area contributed by atoms with Crippen molar-refractivity contribution in [3.05, 3.63) is 12.4 Å². The molecule has 0 unspecified atom stereocenters. The fraction of sp³-hybridized carbons (Fsp3) is 0.929. The third kappa shape index (κ3) is 5.48. The van der Waals surface area contributed by atoms with Crippen molar-refractivity contribution in [3.63, 3.8) is 0 Å². The van der Waals surface area contributed by atoms with Crippen LogP contribution in [0.25, 0.3) is 0 Å². The Morgan fingerprint density at radius 2 is 0.800 bits per heavy atom. The summed E-state index contributed by atoms with van der Waals surface area (Å²) in [5.74, 6) is 0. The summed E-state index contributed by atoms with van der Waals surface area (Å²) in [6, 6.07) is 0. The van der Waals surface area contributed by atoms with Crippen LogP contribution in [0.2, 0.25) is 0 Å². The van der Waals surface area contributed by atoms with Crippen LogP contribution in [0, 0.1) is 0 Å². The predicted molar refractivity (Wildman–Crippen MR) is 148 cm³/mol. The van der Waals surface area contributed by atoms with E-state index in [2.05, 4.69) is 127 Å². The molecular formula is C28H56GeN4O2. The normalized spacial score (nSPS) is 28.5. The molecule has 35 heavy (non-hydrogen) atoms. The molecule has 3 aliphatic heterocycles. The summed E-state index contributed by atoms with van der Waals surface area (Å²) < 4.78 is 20.1. The van der Waals surface area contributed by atoms with Gasteiger partial charge < -0.3 is 0 Å². The molecule has 0 amide bonds. The maximum atomic E-state index is 7.58. The van der Waals surface area contributed by atoms with Crippen molar-refractivity contribution in [2.75, 3.05) is 0 Å². The molecule has 0 radical (unpaired) electrons. The van der Waals surface area contributed by atoms with Crippen molar-refractivity contribution in [2.24, 2.45) is 0 Å². The second-order valence-corrected chi connectivity index (χ2v) is 20.7. The van der Waals surface area contributed by atoms with E-state index in [1.807, 2.05) is 0 Å². The molecule has 3 aliphatic rings. The van der Waals surface area contributed by atoms with Crippen LogP contribution in [0.15, 0.2) is 12.4 Å². The van der Waals surface area contributed by atoms with Crippen LogP contribution in [-0.4, -0.2) is 65.5 Å². The number of hydroxylamine groups is 4. The van der Waals surface area contributed by atoms with Gasteiger partial charge in [0, 0.05) is 0 Å². The predicted octanol–water partition coefficient (Wildman–Crippen LogP) is 7.06. The first kappa shape index (κ1) is 29.3. The van der Waals surface area contributed by atoms with Gasteiger partial charge in [0.05, 0.1) is 0 Å². The molecular weight excluding hydrogens is 497 g/mol. The van der Waals surface area contributed by atoms with E-state index < -0.39 is 14.4 Å². The van der Waals surface area contributed by atoms with E-state index >= 15 is 0 Å². The molecule has 6 nitrogen and oxygen atoms in total. The van der Waals surface area contributed by atoms with E-state index in [0.717, 1.165) is 25.7 Å². The first-order valence-corrected chi connectivity index (χ1v) is 17.4. The molecule has 0 aromatic rings. The molecule has 2 fully saturated rings. The third-order valence-corrected chi connectivity index (χ3v) is 16.0. The van der Waals surface area contributed by atoms with Crippen molar-refractivity contribution in [1.29, 1.82) is 0 Å². The molecule has 3 heterocycles. The van der Waals surface area contributed by atoms with Crippen LogP contribution in [0.5, 0.6) is 0 Å². The quantitative estimate of drug-likeness (QED) is 0.347. The fourth-order valence-corrected chi connectivity index (χ4v) is 15.6. The third-order valence-electron chi connectivity index (χ3n) is 8.19. The zero-order chi connectivity index (χ0) is 26.9. The molecule has 3 rings (SSSR count). The van der Waals surface area contributed by atoms with Crippen molar-refractivity contribution in [1.82, 2.24) is 17.8 Å². The van der Waals surface area contributed by atoms with Gasteiger partial charge in [-0.25, -0.2) is 0 Å². The Labute approximate surface area is 220 Å². The molecule has 0 aromatic heterocycles. The Kier molecular flexibility index (Phi) is 7.44. The van der Waals surface area contributed by atoms with E-state index in [4.69, 9.17) is 7.73 Å². The van der Waals surface area contributed by atoms with Gasteiger partial charge in [-0.1, -0.05) is 0 Å². The number of hydrogen-bond acceptors (Lipinski definition) is 6. The molecule has 0 spiro atoms. The maximum absolute atomic E-state index is 7.58. The summed E-state index contributed by atoms with van der Waals surface area (Å²) in [7, 11) is 0. The number of piperidine rings is 2. The summed E-state index contributed by atoms with van der Waals surface area (Å²) in [5, 5.41) is 4.69. The first-order valence-electron chi connectivity index (χ1n) is 13.8. The van der Waals surface area contributed by atoms with Crippen LogP contribution >= 0.6 is 0 Å². The number of nitrogens with zero attached hydrogens (tertiary/aromatic N) is 4. The fourth-order valence-electron chi connectivity index (χ4n) is 6.61. The zero-order valence-corrected chi connectivity index (χ0v) is 27.6. The van der Waals surface area contributed by atoms with Gasteiger partial charge >= 0.3 is 221 Å². The van der Waals surface area contributed by atoms with Crippen LogP contribution in [0.1, 0.15) is 135 Å². The second-order valence-electron chi connectivity index (χ2n) is 15.7. The van der Waals surface area contributed by atoms with E-state index in [9.17, 15) is 0 Å². The Bertz CT molecular complexity index is 709. The van der Waals surface area contributed by atoms with E-state index in [0.29, 0.717) is 0 Å². The topological polar surface area (TPSA) is 31.4 Å². The molecule has 0 bridgehead atoms. The van der Waals surface area contributed by atoms with Gasteiger partial charge in [-0.2, -0.15) is 0 Å². The molecule has 0 N–H and O–H groups in total. The average molecular weight is 553 g/mol. The standard InChI is InChI=1S/C28H56GeN4O2/c1-23(2,3)30-21-22-31(24(4,5)6)29(30,34-32-25(7,8)17-15-18-26(32,9)10)35-33-27(11,12)19-16-20-28(33,13)14/h21-22H,15-20H2,1-14H3. The van der Waals surface area contributed by atoms with Gasteiger partial charge in [-0.3, -0.25) is 0 Å². The Hall–Kier alpha value is -0.277. The van der Waals surface area contributed by atoms with Crippen molar-refractivity contribution in [2.45, 2.75) is 169 Å². The van der Waals surface area contributed by atoms with Gasteiger partial charge in [-0.05, 0) is 0 Å². The summed E-state index contributed by atoms with van der Waals surface area (Å²) in [6.07, 6.45) is 11.4. The summed E-state index contributed by atoms with van der Waals surface area (Å²) in [4.78, 5) is 0. The van der Waals surface area contributed by atoms with E-state index in [-0.39, 0.29) is 33.2 Å². The Morgan fingerprint density at radius 3 is 1.03 bits per heavy atom. The first-order chi connectivity index (χ1) is 15.6. The monoisotopic (exact) mass is 554 g/mol. The van der Waals surface area contributed by atoms with Crippen LogP contribution in [0.3, 0.4) is 0 Å². The van der Waals surface area contributed by atoms with E-state index in [1.165, 1.54) is 12.8 Å². The van der Waals surface area contributed by atoms with Gasteiger partial charge in [0.2, 0.25) is 0 Å². The van der Waals surface area contributed by atoms with Crippen molar-refractivity contribution in [3.8, 4) is 0 Å². The Morgan fingerprint density at radius 1 is 0.543 bits per heavy atom. The molecule has 0 aliphatic carbocycles. The van der Waals surface area contributed by atoms with Crippen LogP contribution < -0.4 is 0 Å². The summed E-state index contributed by atoms with van der Waals surface area (Å²) >= 11 is -4.03. The second kappa shape index (κ2) is 8.89. The SMILES string of the molecule is CC(C)(C)[N]1C=C[N](C(C)(C)C)[Ge]1([O]N1C(C)(C)CCCC1(C)C)[O]N1C(C)(C)CCCC1(C)C. The van der Waals surface area contributed by atoms with Crippen LogP contribution in [0.4, 0.5) is 0 Å². The van der Waals surface area contributed by atoms with Crippen LogP contribution in [-0.2, 0) is 7.73 Å². The minimum atomic E-state index is -4.03. The van der Waals surface area contributed by atoms with Gasteiger partial charge in [0.1, 0.15) is 0 Å². The summed E-state index contributed by atoms with van der Waals surface area (Å²) in [6.45, 7) is 32.4. The minimum absolute atomic E-state index is 0.0774. The van der Waals surface area contributed by atoms with Gasteiger partial charge in [-0.15, -0.1) is 0 Å². The molecule has 0 saturated carbocycles. The molecule has 0 aromatic carbocycles. The van der Waals surface area contributed by atoms with Crippen molar-refractivity contribution >= 4 is 14.4 Å². The van der Waals surface area contributed by atoms with Gasteiger partial charge in [0.15, 0.2) is 0 Å². The Balaban J connectivity index is 2.23. The summed E-state index contributed by atoms with van der Waals surface area (Å²) in [5.41, 5.74) is -0.606. The van der Waals surface area contributed by atoms with Gasteiger partial charge in [0.25, 0.3) is 0 Å². The average Bonchev–Trinajstić information content (AvgIpc) is 3.01. The zero-order valence-electron chi connectivity index (χ0n) is 25.5. The van der Waals surface area contributed by atoms with E-state index in [1.54, 1.807) is 0 Å². The van der Waals surface area contributed by atoms with Crippen molar-refractivity contribution < 1.29 is 7.73 Å². The molecule has 2 saturated heterocycles. The molecule has 0 atom stereocenters. The molecule has 204 valence electrons. The molecule has 7 heteroatoms. The number of rotatable bonds is 4. The number of hydrogen-bond donors (Lipinski definition) is 0.